The molecule has 1 fully saturated rings. The highest BCUT2D eigenvalue weighted by Crippen LogP contribution is 2.47. The SMILES string of the molecule is COc1ccccc1CNC(=O)C1(C(=O)N(C)Cc2ccccc2)CC1. The molecule has 1 N–H and O–H groups in total. The van der Waals surface area contributed by atoms with Gasteiger partial charge in [0.05, 0.1) is 7.11 Å². The van der Waals surface area contributed by atoms with E-state index in [1.165, 1.54) is 0 Å². The third kappa shape index (κ3) is 3.72. The van der Waals surface area contributed by atoms with Crippen molar-refractivity contribution < 1.29 is 14.3 Å². The Kier molecular flexibility index (Phi) is 5.26. The van der Waals surface area contributed by atoms with Gasteiger partial charge < -0.3 is 15.0 Å². The Morgan fingerprint density at radius 1 is 1.08 bits per heavy atom. The Balaban J connectivity index is 1.62. The number of hydrogen-bond acceptors (Lipinski definition) is 3. The number of benzene rings is 2. The summed E-state index contributed by atoms with van der Waals surface area (Å²) in [4.78, 5) is 27.2. The van der Waals surface area contributed by atoms with Crippen molar-refractivity contribution in [1.82, 2.24) is 10.2 Å². The van der Waals surface area contributed by atoms with Crippen molar-refractivity contribution >= 4 is 11.8 Å². The van der Waals surface area contributed by atoms with E-state index in [4.69, 9.17) is 4.74 Å². The summed E-state index contributed by atoms with van der Waals surface area (Å²) < 4.78 is 5.30. The van der Waals surface area contributed by atoms with Gasteiger partial charge in [-0.05, 0) is 24.5 Å². The van der Waals surface area contributed by atoms with E-state index in [2.05, 4.69) is 5.32 Å². The highest BCUT2D eigenvalue weighted by molar-refractivity contribution is 6.07. The van der Waals surface area contributed by atoms with Gasteiger partial charge in [0.15, 0.2) is 0 Å². The van der Waals surface area contributed by atoms with Crippen LogP contribution in [0.25, 0.3) is 0 Å². The summed E-state index contributed by atoms with van der Waals surface area (Å²) in [6.45, 7) is 0.849. The summed E-state index contributed by atoms with van der Waals surface area (Å²) in [5, 5.41) is 2.91. The zero-order valence-corrected chi connectivity index (χ0v) is 15.2. The number of amides is 2. The minimum Gasteiger partial charge on any atom is -0.496 e. The van der Waals surface area contributed by atoms with Gasteiger partial charge in [-0.15, -0.1) is 0 Å². The Bertz CT molecular complexity index is 785. The smallest absolute Gasteiger partial charge is 0.238 e. The molecule has 3 rings (SSSR count). The molecule has 0 bridgehead atoms. The van der Waals surface area contributed by atoms with Crippen LogP contribution in [0.15, 0.2) is 54.6 Å². The standard InChI is InChI=1S/C21H24N2O3/c1-23(15-16-8-4-3-5-9-16)20(25)21(12-13-21)19(24)22-14-17-10-6-7-11-18(17)26-2/h3-11H,12-15H2,1-2H3,(H,22,24). The predicted molar refractivity (Wildman–Crippen MR) is 99.4 cm³/mol. The molecule has 0 aromatic heterocycles. The highest BCUT2D eigenvalue weighted by atomic mass is 16.5. The predicted octanol–water partition coefficient (Wildman–Crippen LogP) is 2.75. The largest absolute Gasteiger partial charge is 0.496 e. The van der Waals surface area contributed by atoms with Crippen LogP contribution in [-0.4, -0.2) is 30.9 Å². The molecule has 2 amide bonds. The second kappa shape index (κ2) is 7.60. The number of nitrogens with one attached hydrogen (secondary N) is 1. The lowest BCUT2D eigenvalue weighted by molar-refractivity contribution is -0.143. The third-order valence-electron chi connectivity index (χ3n) is 4.84. The average molecular weight is 352 g/mol. The maximum atomic E-state index is 12.8. The van der Waals surface area contributed by atoms with E-state index in [1.807, 2.05) is 54.6 Å². The van der Waals surface area contributed by atoms with E-state index < -0.39 is 5.41 Å². The molecule has 0 radical (unpaired) electrons. The Morgan fingerprint density at radius 2 is 1.73 bits per heavy atom. The van der Waals surface area contributed by atoms with E-state index in [1.54, 1.807) is 19.1 Å². The zero-order valence-electron chi connectivity index (χ0n) is 15.2. The van der Waals surface area contributed by atoms with Crippen LogP contribution in [0.5, 0.6) is 5.75 Å². The molecule has 0 atom stereocenters. The molecule has 1 saturated carbocycles. The van der Waals surface area contributed by atoms with Gasteiger partial charge in [0.25, 0.3) is 0 Å². The number of ether oxygens (including phenoxy) is 1. The van der Waals surface area contributed by atoms with Crippen LogP contribution in [-0.2, 0) is 22.7 Å². The van der Waals surface area contributed by atoms with Gasteiger partial charge in [0, 0.05) is 25.7 Å². The molecular weight excluding hydrogens is 328 g/mol. The number of hydrogen-bond donors (Lipinski definition) is 1. The molecule has 26 heavy (non-hydrogen) atoms. The monoisotopic (exact) mass is 352 g/mol. The number of para-hydroxylation sites is 1. The minimum atomic E-state index is -0.911. The van der Waals surface area contributed by atoms with E-state index in [0.29, 0.717) is 25.9 Å². The van der Waals surface area contributed by atoms with Crippen molar-refractivity contribution in [2.24, 2.45) is 5.41 Å². The van der Waals surface area contributed by atoms with Crippen LogP contribution >= 0.6 is 0 Å². The summed E-state index contributed by atoms with van der Waals surface area (Å²) >= 11 is 0. The van der Waals surface area contributed by atoms with Gasteiger partial charge in [-0.25, -0.2) is 0 Å². The first-order valence-corrected chi connectivity index (χ1v) is 8.76. The van der Waals surface area contributed by atoms with Crippen molar-refractivity contribution in [1.29, 1.82) is 0 Å². The molecule has 1 aliphatic carbocycles. The molecule has 2 aromatic rings. The molecule has 1 aliphatic rings. The van der Waals surface area contributed by atoms with Crippen molar-refractivity contribution in [3.63, 3.8) is 0 Å². The lowest BCUT2D eigenvalue weighted by Crippen LogP contribution is -2.43. The molecule has 0 aliphatic heterocycles. The maximum absolute atomic E-state index is 12.8. The Morgan fingerprint density at radius 3 is 2.38 bits per heavy atom. The number of carbonyl (C=O) groups is 2. The first kappa shape index (κ1) is 18.0. The van der Waals surface area contributed by atoms with Crippen LogP contribution < -0.4 is 10.1 Å². The topological polar surface area (TPSA) is 58.6 Å². The molecule has 5 nitrogen and oxygen atoms in total. The van der Waals surface area contributed by atoms with Crippen molar-refractivity contribution in [3.8, 4) is 5.75 Å². The van der Waals surface area contributed by atoms with Crippen LogP contribution in [0.2, 0.25) is 0 Å². The molecule has 0 spiro atoms. The van der Waals surface area contributed by atoms with Crippen LogP contribution in [0, 0.1) is 5.41 Å². The van der Waals surface area contributed by atoms with Gasteiger partial charge in [-0.3, -0.25) is 9.59 Å². The van der Waals surface area contributed by atoms with Crippen LogP contribution in [0.1, 0.15) is 24.0 Å². The van der Waals surface area contributed by atoms with E-state index in [9.17, 15) is 9.59 Å². The molecule has 136 valence electrons. The van der Waals surface area contributed by atoms with Gasteiger partial charge >= 0.3 is 0 Å². The summed E-state index contributed by atoms with van der Waals surface area (Å²) in [6, 6.07) is 17.3. The van der Waals surface area contributed by atoms with Gasteiger partial charge in [0.1, 0.15) is 11.2 Å². The van der Waals surface area contributed by atoms with Gasteiger partial charge in [-0.1, -0.05) is 48.5 Å². The summed E-state index contributed by atoms with van der Waals surface area (Å²) in [7, 11) is 3.36. The molecular formula is C21H24N2O3. The zero-order chi connectivity index (χ0) is 18.6. The van der Waals surface area contributed by atoms with E-state index in [-0.39, 0.29) is 11.8 Å². The highest BCUT2D eigenvalue weighted by Gasteiger charge is 2.57. The van der Waals surface area contributed by atoms with Crippen LogP contribution in [0.4, 0.5) is 0 Å². The lowest BCUT2D eigenvalue weighted by atomic mass is 10.0. The molecule has 0 unspecified atom stereocenters. The molecule has 5 heteroatoms. The van der Waals surface area contributed by atoms with Gasteiger partial charge in [-0.2, -0.15) is 0 Å². The summed E-state index contributed by atoms with van der Waals surface area (Å²) in [5.74, 6) is 0.414. The Hall–Kier alpha value is -2.82. The molecule has 2 aromatic carbocycles. The fourth-order valence-electron chi connectivity index (χ4n) is 3.15. The van der Waals surface area contributed by atoms with Gasteiger partial charge in [0.2, 0.25) is 11.8 Å². The second-order valence-electron chi connectivity index (χ2n) is 6.72. The van der Waals surface area contributed by atoms with Crippen molar-refractivity contribution in [2.75, 3.05) is 14.2 Å². The first-order valence-electron chi connectivity index (χ1n) is 8.76. The van der Waals surface area contributed by atoms with E-state index in [0.717, 1.165) is 16.9 Å². The second-order valence-corrected chi connectivity index (χ2v) is 6.72. The van der Waals surface area contributed by atoms with Crippen molar-refractivity contribution in [3.05, 3.63) is 65.7 Å². The third-order valence-corrected chi connectivity index (χ3v) is 4.84. The van der Waals surface area contributed by atoms with Crippen molar-refractivity contribution in [2.45, 2.75) is 25.9 Å². The quantitative estimate of drug-likeness (QED) is 0.780. The fourth-order valence-corrected chi connectivity index (χ4v) is 3.15. The van der Waals surface area contributed by atoms with Crippen LogP contribution in [0.3, 0.4) is 0 Å². The molecule has 0 saturated heterocycles. The fraction of sp³-hybridized carbons (Fsp3) is 0.333. The number of nitrogens with zero attached hydrogens (tertiary/aromatic N) is 1. The first-order chi connectivity index (χ1) is 12.6. The Labute approximate surface area is 154 Å². The average Bonchev–Trinajstić information content (AvgIpc) is 3.48. The lowest BCUT2D eigenvalue weighted by Gasteiger charge is -2.23. The van der Waals surface area contributed by atoms with E-state index >= 15 is 0 Å². The summed E-state index contributed by atoms with van der Waals surface area (Å²) in [5.41, 5.74) is 1.03. The minimum absolute atomic E-state index is 0.112. The summed E-state index contributed by atoms with van der Waals surface area (Å²) in [6.07, 6.45) is 1.20. The maximum Gasteiger partial charge on any atom is 0.238 e. The normalized spacial score (nSPS) is 14.4. The number of carbonyl (C=O) groups excluding carboxylic acids is 2. The molecule has 0 heterocycles. The number of rotatable bonds is 7. The number of methoxy groups -OCH3 is 1.